The van der Waals surface area contributed by atoms with Gasteiger partial charge in [0.2, 0.25) is 0 Å². The van der Waals surface area contributed by atoms with Crippen LogP contribution in [0.5, 0.6) is 0 Å². The second-order valence-corrected chi connectivity index (χ2v) is 5.40. The van der Waals surface area contributed by atoms with Crippen LogP contribution in [-0.4, -0.2) is 6.04 Å². The molecule has 2 aromatic rings. The van der Waals surface area contributed by atoms with Gasteiger partial charge in [-0.2, -0.15) is 0 Å². The number of nitrogens with zero attached hydrogens (tertiary/aromatic N) is 1. The third-order valence-corrected chi connectivity index (χ3v) is 3.69. The molecule has 2 N–H and O–H groups in total. The third kappa shape index (κ3) is 2.56. The summed E-state index contributed by atoms with van der Waals surface area (Å²) in [6, 6.07) is 9.11. The van der Waals surface area contributed by atoms with Gasteiger partial charge < -0.3 is 15.1 Å². The van der Waals surface area contributed by atoms with E-state index < -0.39 is 0 Å². The minimum absolute atomic E-state index is 0.234. The Balaban J connectivity index is 1.97. The minimum atomic E-state index is -0.330. The van der Waals surface area contributed by atoms with Crippen molar-refractivity contribution >= 4 is 5.69 Å². The molecule has 0 amide bonds. The van der Waals surface area contributed by atoms with E-state index in [9.17, 15) is 4.39 Å². The maximum atomic E-state index is 14.1. The zero-order valence-corrected chi connectivity index (χ0v) is 11.6. The average molecular weight is 274 g/mol. The number of furan rings is 1. The van der Waals surface area contributed by atoms with Crippen LogP contribution in [0.3, 0.4) is 0 Å². The third-order valence-electron chi connectivity index (χ3n) is 3.69. The first-order valence-corrected chi connectivity index (χ1v) is 7.00. The molecule has 20 heavy (non-hydrogen) atoms. The van der Waals surface area contributed by atoms with Gasteiger partial charge in [0.05, 0.1) is 12.8 Å². The van der Waals surface area contributed by atoms with Crippen molar-refractivity contribution in [1.82, 2.24) is 0 Å². The molecule has 0 spiro atoms. The van der Waals surface area contributed by atoms with E-state index in [2.05, 4.69) is 4.90 Å². The van der Waals surface area contributed by atoms with Crippen LogP contribution in [0.2, 0.25) is 0 Å². The number of hydrogen-bond donors (Lipinski definition) is 1. The van der Waals surface area contributed by atoms with Gasteiger partial charge in [0, 0.05) is 23.3 Å². The van der Waals surface area contributed by atoms with E-state index in [0.717, 1.165) is 24.3 Å². The van der Waals surface area contributed by atoms with E-state index >= 15 is 0 Å². The molecule has 1 heterocycles. The Morgan fingerprint density at radius 2 is 2.15 bits per heavy atom. The van der Waals surface area contributed by atoms with Crippen molar-refractivity contribution in [1.29, 1.82) is 0 Å². The molecule has 1 aromatic carbocycles. The summed E-state index contributed by atoms with van der Waals surface area (Å²) in [5.41, 5.74) is 7.43. The Labute approximate surface area is 118 Å². The fourth-order valence-electron chi connectivity index (χ4n) is 2.59. The lowest BCUT2D eigenvalue weighted by Gasteiger charge is -2.27. The largest absolute Gasteiger partial charge is 0.467 e. The molecule has 0 bridgehead atoms. The van der Waals surface area contributed by atoms with Gasteiger partial charge in [-0.1, -0.05) is 6.07 Å². The highest BCUT2D eigenvalue weighted by molar-refractivity contribution is 5.57. The number of halogens is 1. The maximum Gasteiger partial charge on any atom is 0.130 e. The summed E-state index contributed by atoms with van der Waals surface area (Å²) in [7, 11) is 0. The van der Waals surface area contributed by atoms with Crippen molar-refractivity contribution in [3.63, 3.8) is 0 Å². The predicted molar refractivity (Wildman–Crippen MR) is 76.9 cm³/mol. The van der Waals surface area contributed by atoms with Crippen molar-refractivity contribution in [3.05, 3.63) is 53.7 Å². The monoisotopic (exact) mass is 274 g/mol. The molecule has 1 fully saturated rings. The highest BCUT2D eigenvalue weighted by Crippen LogP contribution is 2.37. The van der Waals surface area contributed by atoms with E-state index in [4.69, 9.17) is 10.2 Å². The molecule has 3 nitrogen and oxygen atoms in total. The van der Waals surface area contributed by atoms with Crippen LogP contribution in [0.25, 0.3) is 0 Å². The smallest absolute Gasteiger partial charge is 0.130 e. The first-order valence-electron chi connectivity index (χ1n) is 7.00. The van der Waals surface area contributed by atoms with Gasteiger partial charge in [-0.3, -0.25) is 0 Å². The van der Waals surface area contributed by atoms with Crippen LogP contribution in [0.15, 0.2) is 41.0 Å². The summed E-state index contributed by atoms with van der Waals surface area (Å²) in [6.07, 6.45) is 3.93. The van der Waals surface area contributed by atoms with Crippen LogP contribution in [-0.2, 0) is 6.54 Å². The molecular weight excluding hydrogens is 255 g/mol. The average Bonchev–Trinajstić information content (AvgIpc) is 3.12. The van der Waals surface area contributed by atoms with Gasteiger partial charge >= 0.3 is 0 Å². The topological polar surface area (TPSA) is 42.4 Å². The predicted octanol–water partition coefficient (Wildman–Crippen LogP) is 3.61. The quantitative estimate of drug-likeness (QED) is 0.905. The SMILES string of the molecule is CC(N)c1c(F)cccc1N(Cc1ccco1)C1CC1. The Bertz CT molecular complexity index is 576. The Morgan fingerprint density at radius 1 is 1.35 bits per heavy atom. The molecule has 1 atom stereocenters. The first kappa shape index (κ1) is 13.2. The molecule has 0 radical (unpaired) electrons. The first-order chi connectivity index (χ1) is 9.66. The number of rotatable bonds is 5. The van der Waals surface area contributed by atoms with E-state index in [1.807, 2.05) is 25.1 Å². The van der Waals surface area contributed by atoms with Crippen LogP contribution in [0.4, 0.5) is 10.1 Å². The molecule has 1 aromatic heterocycles. The number of anilines is 1. The summed E-state index contributed by atoms with van der Waals surface area (Å²) in [4.78, 5) is 2.21. The van der Waals surface area contributed by atoms with Crippen molar-refractivity contribution in [2.24, 2.45) is 5.73 Å². The summed E-state index contributed by atoms with van der Waals surface area (Å²) < 4.78 is 19.5. The molecule has 0 saturated heterocycles. The van der Waals surface area contributed by atoms with Gasteiger partial charge in [0.25, 0.3) is 0 Å². The lowest BCUT2D eigenvalue weighted by molar-refractivity contribution is 0.499. The summed E-state index contributed by atoms with van der Waals surface area (Å²) in [6.45, 7) is 2.47. The normalized spacial score (nSPS) is 16.1. The zero-order valence-electron chi connectivity index (χ0n) is 11.6. The lowest BCUT2D eigenvalue weighted by Crippen LogP contribution is -2.27. The molecule has 106 valence electrons. The zero-order chi connectivity index (χ0) is 14.1. The fourth-order valence-corrected chi connectivity index (χ4v) is 2.59. The molecule has 4 heteroatoms. The molecular formula is C16H19FN2O. The standard InChI is InChI=1S/C16H19FN2O/c1-11(18)16-14(17)5-2-6-15(16)19(12-7-8-12)10-13-4-3-9-20-13/h2-6,9,11-12H,7-8,10,18H2,1H3. The number of hydrogen-bond acceptors (Lipinski definition) is 3. The molecule has 0 aliphatic heterocycles. The maximum absolute atomic E-state index is 14.1. The Morgan fingerprint density at radius 3 is 2.75 bits per heavy atom. The van der Waals surface area contributed by atoms with Crippen molar-refractivity contribution in [3.8, 4) is 0 Å². The molecule has 1 saturated carbocycles. The second kappa shape index (κ2) is 5.29. The van der Waals surface area contributed by atoms with E-state index in [1.165, 1.54) is 6.07 Å². The molecule has 1 unspecified atom stereocenters. The molecule has 1 aliphatic rings. The van der Waals surface area contributed by atoms with E-state index in [1.54, 1.807) is 12.3 Å². The van der Waals surface area contributed by atoms with Crippen LogP contribution in [0.1, 0.15) is 37.1 Å². The van der Waals surface area contributed by atoms with E-state index in [0.29, 0.717) is 18.2 Å². The van der Waals surface area contributed by atoms with Crippen LogP contribution in [0, 0.1) is 5.82 Å². The van der Waals surface area contributed by atoms with E-state index in [-0.39, 0.29) is 11.9 Å². The van der Waals surface area contributed by atoms with Gasteiger partial charge in [-0.05, 0) is 44.0 Å². The molecule has 1 aliphatic carbocycles. The summed E-state index contributed by atoms with van der Waals surface area (Å²) in [5.74, 6) is 0.652. The highest BCUT2D eigenvalue weighted by atomic mass is 19.1. The Kier molecular flexibility index (Phi) is 3.49. The van der Waals surface area contributed by atoms with Crippen LogP contribution >= 0.6 is 0 Å². The summed E-state index contributed by atoms with van der Waals surface area (Å²) in [5, 5.41) is 0. The van der Waals surface area contributed by atoms with Gasteiger partial charge in [-0.15, -0.1) is 0 Å². The minimum Gasteiger partial charge on any atom is -0.467 e. The van der Waals surface area contributed by atoms with Crippen molar-refractivity contribution in [2.45, 2.75) is 38.4 Å². The molecule has 3 rings (SSSR count). The highest BCUT2D eigenvalue weighted by Gasteiger charge is 2.32. The lowest BCUT2D eigenvalue weighted by atomic mass is 10.0. The second-order valence-electron chi connectivity index (χ2n) is 5.40. The van der Waals surface area contributed by atoms with Gasteiger partial charge in [0.15, 0.2) is 0 Å². The fraction of sp³-hybridized carbons (Fsp3) is 0.375. The van der Waals surface area contributed by atoms with Crippen molar-refractivity contribution in [2.75, 3.05) is 4.90 Å². The van der Waals surface area contributed by atoms with Crippen LogP contribution < -0.4 is 10.6 Å². The van der Waals surface area contributed by atoms with Gasteiger partial charge in [0.1, 0.15) is 11.6 Å². The Hall–Kier alpha value is -1.81. The number of benzene rings is 1. The summed E-state index contributed by atoms with van der Waals surface area (Å²) >= 11 is 0. The van der Waals surface area contributed by atoms with Gasteiger partial charge in [-0.25, -0.2) is 4.39 Å². The van der Waals surface area contributed by atoms with Crippen molar-refractivity contribution < 1.29 is 8.81 Å². The number of nitrogens with two attached hydrogens (primary N) is 1.